The van der Waals surface area contributed by atoms with Crippen molar-refractivity contribution >= 4 is 12.4 Å². The lowest BCUT2D eigenvalue weighted by Gasteiger charge is -1.90. The fraction of sp³-hybridized carbons (Fsp3) is 0.429. The van der Waals surface area contributed by atoms with Crippen molar-refractivity contribution < 1.29 is 4.42 Å². The van der Waals surface area contributed by atoms with Gasteiger partial charge in [0.25, 0.3) is 0 Å². The summed E-state index contributed by atoms with van der Waals surface area (Å²) in [7, 11) is 0. The molecule has 0 fully saturated rings. The molecule has 2 N–H and O–H groups in total. The largest absolute Gasteiger partial charge is 0.469 e. The first-order valence-electron chi connectivity index (χ1n) is 3.16. The van der Waals surface area contributed by atoms with E-state index in [1.54, 1.807) is 6.26 Å². The second kappa shape index (κ2) is 5.33. The van der Waals surface area contributed by atoms with Crippen LogP contribution in [0, 0.1) is 0 Å². The number of furan rings is 1. The van der Waals surface area contributed by atoms with E-state index in [-0.39, 0.29) is 12.4 Å². The molecule has 0 amide bonds. The molecule has 1 aromatic rings. The molecule has 0 aliphatic rings. The summed E-state index contributed by atoms with van der Waals surface area (Å²) in [5.41, 5.74) is 5.30. The zero-order chi connectivity index (χ0) is 6.53. The molecule has 0 radical (unpaired) electrons. The van der Waals surface area contributed by atoms with E-state index in [1.165, 1.54) is 0 Å². The number of hydrogen-bond acceptors (Lipinski definition) is 2. The van der Waals surface area contributed by atoms with Gasteiger partial charge in [-0.2, -0.15) is 0 Å². The van der Waals surface area contributed by atoms with Gasteiger partial charge in [0, 0.05) is 6.42 Å². The molecule has 0 saturated carbocycles. The van der Waals surface area contributed by atoms with Crippen molar-refractivity contribution in [2.75, 3.05) is 6.54 Å². The quantitative estimate of drug-likeness (QED) is 0.732. The van der Waals surface area contributed by atoms with Crippen LogP contribution in [0.5, 0.6) is 0 Å². The van der Waals surface area contributed by atoms with Gasteiger partial charge in [0.15, 0.2) is 0 Å². The second-order valence-electron chi connectivity index (χ2n) is 1.97. The SMILES string of the molecule is Cl.NCCCc1ccco1. The summed E-state index contributed by atoms with van der Waals surface area (Å²) >= 11 is 0. The Morgan fingerprint density at radius 3 is 2.80 bits per heavy atom. The van der Waals surface area contributed by atoms with Gasteiger partial charge < -0.3 is 10.2 Å². The summed E-state index contributed by atoms with van der Waals surface area (Å²) in [5, 5.41) is 0. The van der Waals surface area contributed by atoms with Crippen LogP contribution in [-0.2, 0) is 6.42 Å². The van der Waals surface area contributed by atoms with E-state index in [0.717, 1.165) is 25.1 Å². The van der Waals surface area contributed by atoms with Crippen LogP contribution in [0.15, 0.2) is 22.8 Å². The number of halogens is 1. The van der Waals surface area contributed by atoms with Crippen LogP contribution in [0.1, 0.15) is 12.2 Å². The minimum absolute atomic E-state index is 0. The third-order valence-corrected chi connectivity index (χ3v) is 1.21. The molecule has 0 unspecified atom stereocenters. The molecule has 0 saturated heterocycles. The summed E-state index contributed by atoms with van der Waals surface area (Å²) in [6, 6.07) is 3.86. The molecule has 58 valence electrons. The number of hydrogen-bond donors (Lipinski definition) is 1. The van der Waals surface area contributed by atoms with Gasteiger partial charge in [0.1, 0.15) is 5.76 Å². The summed E-state index contributed by atoms with van der Waals surface area (Å²) in [6.07, 6.45) is 3.66. The predicted octanol–water partition coefficient (Wildman–Crippen LogP) is 1.59. The van der Waals surface area contributed by atoms with E-state index < -0.39 is 0 Å². The molecule has 10 heavy (non-hydrogen) atoms. The van der Waals surface area contributed by atoms with Crippen molar-refractivity contribution in [1.29, 1.82) is 0 Å². The van der Waals surface area contributed by atoms with Gasteiger partial charge in [-0.3, -0.25) is 0 Å². The highest BCUT2D eigenvalue weighted by Gasteiger charge is 1.91. The van der Waals surface area contributed by atoms with Gasteiger partial charge in [-0.25, -0.2) is 0 Å². The Balaban J connectivity index is 0.000000810. The number of aryl methyl sites for hydroxylation is 1. The number of nitrogens with two attached hydrogens (primary N) is 1. The van der Waals surface area contributed by atoms with Crippen molar-refractivity contribution in [3.63, 3.8) is 0 Å². The minimum atomic E-state index is 0. The molecule has 3 heteroatoms. The average molecular weight is 162 g/mol. The molecule has 0 aliphatic carbocycles. The van der Waals surface area contributed by atoms with E-state index in [9.17, 15) is 0 Å². The van der Waals surface area contributed by atoms with Crippen LogP contribution in [0.4, 0.5) is 0 Å². The Morgan fingerprint density at radius 2 is 2.30 bits per heavy atom. The lowest BCUT2D eigenvalue weighted by atomic mass is 10.2. The summed E-state index contributed by atoms with van der Waals surface area (Å²) in [4.78, 5) is 0. The Kier molecular flexibility index (Phi) is 5.08. The highest BCUT2D eigenvalue weighted by atomic mass is 35.5. The third-order valence-electron chi connectivity index (χ3n) is 1.21. The van der Waals surface area contributed by atoms with Crippen LogP contribution in [0.25, 0.3) is 0 Å². The van der Waals surface area contributed by atoms with Crippen LogP contribution < -0.4 is 5.73 Å². The maximum Gasteiger partial charge on any atom is 0.103 e. The standard InChI is InChI=1S/C7H11NO.ClH/c8-5-1-3-7-4-2-6-9-7;/h2,4,6H,1,3,5,8H2;1H. The maximum atomic E-state index is 5.30. The molecule has 0 atom stereocenters. The van der Waals surface area contributed by atoms with Crippen molar-refractivity contribution in [3.05, 3.63) is 24.2 Å². The first-order chi connectivity index (χ1) is 4.43. The Morgan fingerprint density at radius 1 is 1.50 bits per heavy atom. The summed E-state index contributed by atoms with van der Waals surface area (Å²) in [6.45, 7) is 0.737. The molecule has 0 aromatic carbocycles. The van der Waals surface area contributed by atoms with E-state index in [2.05, 4.69) is 0 Å². The Labute approximate surface area is 66.8 Å². The van der Waals surface area contributed by atoms with E-state index in [0.29, 0.717) is 0 Å². The second-order valence-corrected chi connectivity index (χ2v) is 1.97. The van der Waals surface area contributed by atoms with Crippen molar-refractivity contribution in [1.82, 2.24) is 0 Å². The monoisotopic (exact) mass is 161 g/mol. The smallest absolute Gasteiger partial charge is 0.103 e. The zero-order valence-electron chi connectivity index (χ0n) is 5.75. The van der Waals surface area contributed by atoms with Crippen LogP contribution >= 0.6 is 12.4 Å². The van der Waals surface area contributed by atoms with Gasteiger partial charge in [-0.05, 0) is 25.1 Å². The minimum Gasteiger partial charge on any atom is -0.469 e. The highest BCUT2D eigenvalue weighted by molar-refractivity contribution is 5.85. The molecule has 1 rings (SSSR count). The lowest BCUT2D eigenvalue weighted by molar-refractivity contribution is 0.503. The van der Waals surface area contributed by atoms with Crippen molar-refractivity contribution in [2.45, 2.75) is 12.8 Å². The zero-order valence-corrected chi connectivity index (χ0v) is 6.56. The average Bonchev–Trinajstić information content (AvgIpc) is 2.34. The number of rotatable bonds is 3. The normalized spacial score (nSPS) is 8.90. The Hall–Kier alpha value is -0.470. The van der Waals surface area contributed by atoms with Gasteiger partial charge >= 0.3 is 0 Å². The fourth-order valence-corrected chi connectivity index (χ4v) is 0.731. The summed E-state index contributed by atoms with van der Waals surface area (Å²) in [5.74, 6) is 1.03. The van der Waals surface area contributed by atoms with E-state index >= 15 is 0 Å². The molecule has 1 heterocycles. The molecule has 1 aromatic heterocycles. The van der Waals surface area contributed by atoms with Gasteiger partial charge in [-0.15, -0.1) is 12.4 Å². The van der Waals surface area contributed by atoms with Crippen LogP contribution in [0.3, 0.4) is 0 Å². The lowest BCUT2D eigenvalue weighted by Crippen LogP contribution is -1.99. The molecule has 0 spiro atoms. The molecular formula is C7H12ClNO. The maximum absolute atomic E-state index is 5.30. The highest BCUT2D eigenvalue weighted by Crippen LogP contribution is 2.01. The third kappa shape index (κ3) is 2.90. The molecule has 0 bridgehead atoms. The van der Waals surface area contributed by atoms with Crippen molar-refractivity contribution in [2.24, 2.45) is 5.73 Å². The van der Waals surface area contributed by atoms with Crippen LogP contribution in [0.2, 0.25) is 0 Å². The molecule has 2 nitrogen and oxygen atoms in total. The molecule has 0 aliphatic heterocycles. The predicted molar refractivity (Wildman–Crippen MR) is 43.3 cm³/mol. The molecular weight excluding hydrogens is 150 g/mol. The van der Waals surface area contributed by atoms with Crippen molar-refractivity contribution in [3.8, 4) is 0 Å². The summed E-state index contributed by atoms with van der Waals surface area (Å²) < 4.78 is 5.08. The van der Waals surface area contributed by atoms with Gasteiger partial charge in [0.2, 0.25) is 0 Å². The first-order valence-corrected chi connectivity index (χ1v) is 3.16. The van der Waals surface area contributed by atoms with Gasteiger partial charge in [0.05, 0.1) is 6.26 Å². The van der Waals surface area contributed by atoms with E-state index in [1.807, 2.05) is 12.1 Å². The fourth-order valence-electron chi connectivity index (χ4n) is 0.731. The Bertz CT molecular complexity index is 151. The first kappa shape index (κ1) is 9.53. The van der Waals surface area contributed by atoms with Gasteiger partial charge in [-0.1, -0.05) is 0 Å². The van der Waals surface area contributed by atoms with E-state index in [4.69, 9.17) is 10.2 Å². The van der Waals surface area contributed by atoms with Crippen LogP contribution in [-0.4, -0.2) is 6.54 Å². The topological polar surface area (TPSA) is 39.2 Å².